The van der Waals surface area contributed by atoms with Gasteiger partial charge >= 0.3 is 5.97 Å². The van der Waals surface area contributed by atoms with Crippen LogP contribution in [0, 0.1) is 5.92 Å². The maximum atomic E-state index is 12.4. The van der Waals surface area contributed by atoms with E-state index in [1.54, 1.807) is 11.8 Å². The summed E-state index contributed by atoms with van der Waals surface area (Å²) in [6.45, 7) is 5.45. The number of likely N-dealkylation sites (tertiary alicyclic amines) is 1. The highest BCUT2D eigenvalue weighted by molar-refractivity contribution is 7.99. The summed E-state index contributed by atoms with van der Waals surface area (Å²) in [4.78, 5) is 27.2. The summed E-state index contributed by atoms with van der Waals surface area (Å²) in [5.41, 5.74) is 0. The number of thioether (sulfide) groups is 1. The lowest BCUT2D eigenvalue weighted by Gasteiger charge is -2.30. The first-order valence-corrected chi connectivity index (χ1v) is 10.1. The van der Waals surface area contributed by atoms with Gasteiger partial charge in [0.15, 0.2) is 6.04 Å². The Morgan fingerprint density at radius 3 is 2.58 bits per heavy atom. The predicted molar refractivity (Wildman–Crippen MR) is 96.8 cm³/mol. The van der Waals surface area contributed by atoms with E-state index in [4.69, 9.17) is 9.15 Å². The normalized spacial score (nSPS) is 16.7. The fourth-order valence-electron chi connectivity index (χ4n) is 3.09. The molecule has 1 amide bonds. The third kappa shape index (κ3) is 5.44. The number of ether oxygens (including phenoxy) is 1. The molecular weight excluding hydrogens is 356 g/mol. The molecule has 1 aliphatic rings. The first-order valence-electron chi connectivity index (χ1n) is 9.16. The van der Waals surface area contributed by atoms with Gasteiger partial charge in [0.1, 0.15) is 0 Å². The highest BCUT2D eigenvalue weighted by atomic mass is 32.2. The molecule has 1 fully saturated rings. The molecule has 0 aliphatic carbocycles. The van der Waals surface area contributed by atoms with Crippen molar-refractivity contribution in [1.29, 1.82) is 0 Å². The maximum Gasteiger partial charge on any atom is 0.309 e. The Morgan fingerprint density at radius 2 is 2.00 bits per heavy atom. The molecule has 1 atom stereocenters. The molecule has 0 aromatic carbocycles. The van der Waals surface area contributed by atoms with Gasteiger partial charge in [0.2, 0.25) is 5.91 Å². The fourth-order valence-corrected chi connectivity index (χ4v) is 3.76. The van der Waals surface area contributed by atoms with Crippen LogP contribution in [-0.2, 0) is 14.3 Å². The van der Waals surface area contributed by atoms with E-state index >= 15 is 0 Å². The number of nitrogens with zero attached hydrogens (tertiary/aromatic N) is 3. The summed E-state index contributed by atoms with van der Waals surface area (Å²) < 4.78 is 10.8. The van der Waals surface area contributed by atoms with Gasteiger partial charge in [-0.2, -0.15) is 0 Å². The Kier molecular flexibility index (Phi) is 7.89. The van der Waals surface area contributed by atoms with Gasteiger partial charge in [-0.05, 0) is 19.8 Å². The summed E-state index contributed by atoms with van der Waals surface area (Å²) in [7, 11) is 4.10. The Hall–Kier alpha value is -1.61. The van der Waals surface area contributed by atoms with E-state index in [1.165, 1.54) is 16.7 Å². The van der Waals surface area contributed by atoms with Crippen LogP contribution < -0.4 is 4.90 Å². The second-order valence-corrected chi connectivity index (χ2v) is 7.57. The number of hydrogen-bond donors (Lipinski definition) is 1. The topological polar surface area (TPSA) is 90.0 Å². The first kappa shape index (κ1) is 20.7. The average molecular weight is 386 g/mol. The van der Waals surface area contributed by atoms with E-state index in [-0.39, 0.29) is 29.6 Å². The Balaban J connectivity index is 1.79. The van der Waals surface area contributed by atoms with Gasteiger partial charge in [-0.1, -0.05) is 18.7 Å². The number of quaternary nitrogens is 1. The SMILES string of the molecule is CCOC(=O)C1CCN(C(=O)CSc2nnc([C@@H](CC)[NH+](C)C)o2)CC1. The third-order valence-corrected chi connectivity index (χ3v) is 5.42. The number of nitrogens with one attached hydrogen (secondary N) is 1. The van der Waals surface area contributed by atoms with Crippen molar-refractivity contribution < 1.29 is 23.6 Å². The standard InChI is InChI=1S/C17H28N4O4S/c1-5-13(20(3)4)15-18-19-17(25-15)26-11-14(22)21-9-7-12(8-10-21)16(23)24-6-2/h12-13H,5-11H2,1-4H3/p+1/t13-/m1/s1. The second kappa shape index (κ2) is 9.91. The monoisotopic (exact) mass is 385 g/mol. The highest BCUT2D eigenvalue weighted by Gasteiger charge is 2.28. The molecule has 2 heterocycles. The molecule has 0 spiro atoms. The molecule has 1 saturated heterocycles. The minimum Gasteiger partial charge on any atom is -0.466 e. The molecule has 0 radical (unpaired) electrons. The first-order chi connectivity index (χ1) is 12.5. The number of rotatable bonds is 8. The number of piperidine rings is 1. The van der Waals surface area contributed by atoms with Crippen molar-refractivity contribution in [3.63, 3.8) is 0 Å². The lowest BCUT2D eigenvalue weighted by atomic mass is 9.97. The maximum absolute atomic E-state index is 12.4. The second-order valence-electron chi connectivity index (χ2n) is 6.64. The van der Waals surface area contributed by atoms with Gasteiger partial charge in [-0.25, -0.2) is 0 Å². The Bertz CT molecular complexity index is 599. The number of carbonyl (C=O) groups excluding carboxylic acids is 2. The van der Waals surface area contributed by atoms with Crippen LogP contribution in [0.1, 0.15) is 45.0 Å². The van der Waals surface area contributed by atoms with Crippen molar-refractivity contribution >= 4 is 23.6 Å². The van der Waals surface area contributed by atoms with Gasteiger partial charge in [-0.3, -0.25) is 9.59 Å². The van der Waals surface area contributed by atoms with Crippen molar-refractivity contribution in [2.24, 2.45) is 5.92 Å². The van der Waals surface area contributed by atoms with Gasteiger partial charge < -0.3 is 19.0 Å². The van der Waals surface area contributed by atoms with E-state index in [2.05, 4.69) is 31.2 Å². The minimum absolute atomic E-state index is 0.0299. The van der Waals surface area contributed by atoms with E-state index in [0.717, 1.165) is 6.42 Å². The number of carbonyl (C=O) groups is 2. The summed E-state index contributed by atoms with van der Waals surface area (Å²) in [5, 5.41) is 8.58. The highest BCUT2D eigenvalue weighted by Crippen LogP contribution is 2.22. The molecule has 0 saturated carbocycles. The molecule has 1 aliphatic heterocycles. The molecule has 2 rings (SSSR count). The zero-order valence-electron chi connectivity index (χ0n) is 16.0. The third-order valence-electron chi connectivity index (χ3n) is 4.61. The molecule has 8 nitrogen and oxygen atoms in total. The number of esters is 1. The Labute approximate surface area is 158 Å². The lowest BCUT2D eigenvalue weighted by molar-refractivity contribution is -0.894. The molecular formula is C17H29N4O4S+. The van der Waals surface area contributed by atoms with Crippen LogP contribution in [0.5, 0.6) is 0 Å². The van der Waals surface area contributed by atoms with Crippen molar-refractivity contribution in [3.05, 3.63) is 5.89 Å². The van der Waals surface area contributed by atoms with Crippen LogP contribution in [-0.4, -0.2) is 66.5 Å². The Morgan fingerprint density at radius 1 is 1.31 bits per heavy atom. The molecule has 1 N–H and O–H groups in total. The van der Waals surface area contributed by atoms with Gasteiger partial charge in [0.25, 0.3) is 11.1 Å². The van der Waals surface area contributed by atoms with E-state index in [9.17, 15) is 9.59 Å². The minimum atomic E-state index is -0.152. The van der Waals surface area contributed by atoms with Crippen molar-refractivity contribution in [3.8, 4) is 0 Å². The van der Waals surface area contributed by atoms with Crippen LogP contribution in [0.3, 0.4) is 0 Å². The average Bonchev–Trinajstić information content (AvgIpc) is 3.09. The molecule has 1 aromatic rings. The zero-order valence-corrected chi connectivity index (χ0v) is 16.8. The summed E-state index contributed by atoms with van der Waals surface area (Å²) >= 11 is 1.27. The van der Waals surface area contributed by atoms with Gasteiger partial charge in [0.05, 0.1) is 32.4 Å². The molecule has 146 valence electrons. The number of aromatic nitrogens is 2. The van der Waals surface area contributed by atoms with Crippen LogP contribution in [0.15, 0.2) is 9.64 Å². The summed E-state index contributed by atoms with van der Waals surface area (Å²) in [6.07, 6.45) is 2.22. The summed E-state index contributed by atoms with van der Waals surface area (Å²) in [6, 6.07) is 0.162. The quantitative estimate of drug-likeness (QED) is 0.516. The van der Waals surface area contributed by atoms with Crippen molar-refractivity contribution in [1.82, 2.24) is 15.1 Å². The fraction of sp³-hybridized carbons (Fsp3) is 0.765. The lowest BCUT2D eigenvalue weighted by Crippen LogP contribution is -3.06. The molecule has 9 heteroatoms. The van der Waals surface area contributed by atoms with Crippen LogP contribution in [0.4, 0.5) is 0 Å². The molecule has 0 unspecified atom stereocenters. The van der Waals surface area contributed by atoms with E-state index < -0.39 is 0 Å². The van der Waals surface area contributed by atoms with Gasteiger partial charge in [-0.15, -0.1) is 10.2 Å². The van der Waals surface area contributed by atoms with Crippen LogP contribution >= 0.6 is 11.8 Å². The van der Waals surface area contributed by atoms with Crippen LogP contribution in [0.25, 0.3) is 0 Å². The molecule has 0 bridgehead atoms. The number of amides is 1. The smallest absolute Gasteiger partial charge is 0.309 e. The predicted octanol–water partition coefficient (Wildman–Crippen LogP) is 0.559. The van der Waals surface area contributed by atoms with Crippen molar-refractivity contribution in [2.45, 2.75) is 44.4 Å². The molecule has 26 heavy (non-hydrogen) atoms. The van der Waals surface area contributed by atoms with Crippen LogP contribution in [0.2, 0.25) is 0 Å². The zero-order chi connectivity index (χ0) is 19.1. The van der Waals surface area contributed by atoms with Crippen molar-refractivity contribution in [2.75, 3.05) is 39.5 Å². The number of hydrogen-bond acceptors (Lipinski definition) is 7. The van der Waals surface area contributed by atoms with Gasteiger partial charge in [0, 0.05) is 19.5 Å². The molecule has 1 aromatic heterocycles. The largest absolute Gasteiger partial charge is 0.466 e. The van der Waals surface area contributed by atoms with E-state index in [0.29, 0.717) is 43.7 Å². The summed E-state index contributed by atoms with van der Waals surface area (Å²) in [5.74, 6) is 0.655. The van der Waals surface area contributed by atoms with E-state index in [1.807, 2.05) is 0 Å².